The largest absolute Gasteiger partial charge is 0.871 e. The van der Waals surface area contributed by atoms with Gasteiger partial charge in [-0.25, -0.2) is 0 Å². The van der Waals surface area contributed by atoms with Crippen LogP contribution in [-0.4, -0.2) is 23.3 Å². The Labute approximate surface area is 429 Å². The molecule has 8 heteroatoms. The van der Waals surface area contributed by atoms with Crippen molar-refractivity contribution < 1.29 is 19.5 Å². The fourth-order valence-electron chi connectivity index (χ4n) is 10.3. The summed E-state index contributed by atoms with van der Waals surface area (Å²) in [5, 5.41) is 21.5. The van der Waals surface area contributed by atoms with Crippen molar-refractivity contribution in [3.05, 3.63) is 182 Å². The van der Waals surface area contributed by atoms with Crippen molar-refractivity contribution in [3.8, 4) is 0 Å². The summed E-state index contributed by atoms with van der Waals surface area (Å²) in [7, 11) is 0. The van der Waals surface area contributed by atoms with E-state index in [1.54, 1.807) is 12.1 Å². The Morgan fingerprint density at radius 3 is 1.53 bits per heavy atom. The molecule has 2 aliphatic carbocycles. The molecule has 374 valence electrons. The van der Waals surface area contributed by atoms with Gasteiger partial charge in [0.25, 0.3) is 0 Å². The second kappa shape index (κ2) is 23.0. The fourth-order valence-corrected chi connectivity index (χ4v) is 10.3. The van der Waals surface area contributed by atoms with E-state index in [0.29, 0.717) is 35.4 Å². The summed E-state index contributed by atoms with van der Waals surface area (Å²) in [5.74, 6) is -1.68. The topological polar surface area (TPSA) is 105 Å². The zero-order chi connectivity index (χ0) is 52.0. The van der Waals surface area contributed by atoms with Crippen LogP contribution in [0.15, 0.2) is 132 Å². The normalized spacial score (nSPS) is 15.2. The molecule has 2 N–H and O–H groups in total. The summed E-state index contributed by atoms with van der Waals surface area (Å²) in [5.41, 5.74) is 15.8. The van der Waals surface area contributed by atoms with Crippen molar-refractivity contribution in [2.75, 3.05) is 10.2 Å². The van der Waals surface area contributed by atoms with Gasteiger partial charge in [0.2, 0.25) is 28.9 Å². The number of unbranched alkanes of at least 4 members (excludes halogenated alkanes) is 2. The van der Waals surface area contributed by atoms with Gasteiger partial charge >= 0.3 is 0 Å². The van der Waals surface area contributed by atoms with Gasteiger partial charge in [0.15, 0.2) is 5.78 Å². The third kappa shape index (κ3) is 11.2. The second-order valence-corrected chi connectivity index (χ2v) is 20.2. The standard InChI is InChI=1S/C64H74N4O4/c1-13-17-19-47(15-3)63(71)65-53-37-49(67(55-29-21-39(5)33-43(55)9)56-30-22-40(6)34-44(56)10)25-27-51(53)59-61(69)60(62(59)70)52-28-26-50(38-54(52)66-64(72)48(16-4)20-18-14-2)68(57-31-23-41(7)35-45(57)11)58-32-24-42(8)36-46(58)12/h21-38,47-48H,13-20H2,1-12H3,(H2,65,66,69,70,71,72). The molecule has 0 aliphatic heterocycles. The van der Waals surface area contributed by atoms with Crippen LogP contribution in [-0.2, 0) is 14.4 Å². The van der Waals surface area contributed by atoms with E-state index in [9.17, 15) is 9.59 Å². The number of amides is 2. The number of carbonyl (C=O) groups is 3. The van der Waals surface area contributed by atoms with Crippen LogP contribution in [0.4, 0.5) is 34.1 Å². The van der Waals surface area contributed by atoms with Gasteiger partial charge in [-0.2, -0.15) is 4.58 Å². The maximum atomic E-state index is 15.0. The highest BCUT2D eigenvalue weighted by Gasteiger charge is 2.36. The molecule has 0 bridgehead atoms. The molecule has 0 saturated heterocycles. The van der Waals surface area contributed by atoms with Crippen LogP contribution in [0.2, 0.25) is 0 Å². The predicted molar refractivity (Wildman–Crippen MR) is 298 cm³/mol. The number of Topliss-reactive ketones (excluding diaryl/α,β-unsaturated/α-hetero) is 1. The number of anilines is 4. The molecule has 8 nitrogen and oxygen atoms in total. The molecule has 0 radical (unpaired) electrons. The molecule has 0 aromatic heterocycles. The molecule has 7 rings (SSSR count). The molecule has 0 saturated carbocycles. The Bertz CT molecular complexity index is 2980. The number of carbonyl (C=O) groups excluding carboxylic acids is 3. The maximum absolute atomic E-state index is 15.0. The van der Waals surface area contributed by atoms with Gasteiger partial charge in [0.05, 0.1) is 11.4 Å². The summed E-state index contributed by atoms with van der Waals surface area (Å²) >= 11 is 0. The SMILES string of the molecule is CCCCC(CC)C(=O)NC1=CC(=[N+](c2ccc(C)cc2C)c2ccc(C)cc2C)C=CC1=C1C(=O)C(c2ccc(N(c3ccc(C)cc3C)c3ccc(C)cc3C)cc2NC(=O)C(CC)CCCC)=C1[O-]. The molecular weight excluding hydrogens is 889 g/mol. The average Bonchev–Trinajstić information content (AvgIpc) is 3.33. The van der Waals surface area contributed by atoms with Gasteiger partial charge in [-0.1, -0.05) is 124 Å². The molecule has 0 spiro atoms. The van der Waals surface area contributed by atoms with E-state index >= 15 is 9.90 Å². The number of hydrogen-bond donors (Lipinski definition) is 2. The number of nitrogens with zero attached hydrogens (tertiary/aromatic N) is 2. The van der Waals surface area contributed by atoms with Crippen LogP contribution in [0.25, 0.3) is 5.57 Å². The lowest BCUT2D eigenvalue weighted by Gasteiger charge is -2.35. The van der Waals surface area contributed by atoms with Gasteiger partial charge < -0.3 is 20.6 Å². The van der Waals surface area contributed by atoms with Crippen molar-refractivity contribution in [2.24, 2.45) is 11.8 Å². The first-order chi connectivity index (χ1) is 34.5. The first-order valence-electron chi connectivity index (χ1n) is 26.1. The van der Waals surface area contributed by atoms with E-state index < -0.39 is 11.5 Å². The number of benzene rings is 5. The molecule has 2 atom stereocenters. The van der Waals surface area contributed by atoms with Crippen molar-refractivity contribution in [1.29, 1.82) is 0 Å². The maximum Gasteiger partial charge on any atom is 0.227 e. The minimum atomic E-state index is -0.441. The molecule has 2 unspecified atom stereocenters. The van der Waals surface area contributed by atoms with Crippen LogP contribution in [0.3, 0.4) is 0 Å². The van der Waals surface area contributed by atoms with Gasteiger partial charge in [0, 0.05) is 86.6 Å². The van der Waals surface area contributed by atoms with Gasteiger partial charge in [-0.15, -0.1) is 0 Å². The Morgan fingerprint density at radius 2 is 1.07 bits per heavy atom. The lowest BCUT2D eigenvalue weighted by atomic mass is 9.78. The van der Waals surface area contributed by atoms with E-state index in [-0.39, 0.29) is 34.8 Å². The van der Waals surface area contributed by atoms with E-state index in [1.165, 1.54) is 0 Å². The average molecular weight is 963 g/mol. The van der Waals surface area contributed by atoms with Crippen LogP contribution in [0.1, 0.15) is 129 Å². The van der Waals surface area contributed by atoms with Crippen LogP contribution in [0.5, 0.6) is 0 Å². The number of aryl methyl sites for hydroxylation is 8. The van der Waals surface area contributed by atoms with Crippen molar-refractivity contribution in [2.45, 2.75) is 134 Å². The van der Waals surface area contributed by atoms with Crippen LogP contribution in [0, 0.1) is 67.2 Å². The smallest absolute Gasteiger partial charge is 0.227 e. The highest BCUT2D eigenvalue weighted by molar-refractivity contribution is 6.40. The number of nitrogens with one attached hydrogen (secondary N) is 2. The molecule has 0 fully saturated rings. The Balaban J connectivity index is 1.43. The molecule has 2 aliphatic rings. The van der Waals surface area contributed by atoms with Gasteiger partial charge in [0.1, 0.15) is 0 Å². The quantitative estimate of drug-likeness (QED) is 0.0672. The van der Waals surface area contributed by atoms with E-state index in [2.05, 4.69) is 162 Å². The number of ketones is 1. The minimum absolute atomic E-state index is 0.000889. The van der Waals surface area contributed by atoms with Crippen molar-refractivity contribution >= 4 is 63.0 Å². The first kappa shape index (κ1) is 52.8. The highest BCUT2D eigenvalue weighted by atomic mass is 16.3. The fraction of sp³-hybridized carbons (Fsp3) is 0.344. The summed E-state index contributed by atoms with van der Waals surface area (Å²) < 4.78 is 2.18. The molecule has 5 aromatic carbocycles. The molecule has 72 heavy (non-hydrogen) atoms. The zero-order valence-corrected chi connectivity index (χ0v) is 44.7. The summed E-state index contributed by atoms with van der Waals surface area (Å²) in [4.78, 5) is 45.8. The van der Waals surface area contributed by atoms with Crippen molar-refractivity contribution in [1.82, 2.24) is 9.89 Å². The summed E-state index contributed by atoms with van der Waals surface area (Å²) in [6.45, 7) is 24.9. The lowest BCUT2D eigenvalue weighted by molar-refractivity contribution is -0.297. The first-order valence-corrected chi connectivity index (χ1v) is 26.1. The van der Waals surface area contributed by atoms with Crippen LogP contribution < -0.4 is 25.2 Å². The monoisotopic (exact) mass is 963 g/mol. The van der Waals surface area contributed by atoms with E-state index in [4.69, 9.17) is 0 Å². The van der Waals surface area contributed by atoms with Gasteiger partial charge in [-0.3, -0.25) is 14.4 Å². The highest BCUT2D eigenvalue weighted by Crippen LogP contribution is 2.45. The third-order valence-electron chi connectivity index (χ3n) is 14.4. The number of hydrogen-bond acceptors (Lipinski definition) is 5. The van der Waals surface area contributed by atoms with Crippen LogP contribution >= 0.6 is 0 Å². The van der Waals surface area contributed by atoms with E-state index in [1.807, 2.05) is 38.1 Å². The zero-order valence-electron chi connectivity index (χ0n) is 44.7. The van der Waals surface area contributed by atoms with Gasteiger partial charge in [-0.05, 0) is 135 Å². The molecule has 0 heterocycles. The molecular formula is C64H74N4O4. The summed E-state index contributed by atoms with van der Waals surface area (Å²) in [6.07, 6.45) is 12.1. The lowest BCUT2D eigenvalue weighted by Crippen LogP contribution is -2.36. The number of allylic oxidation sites excluding steroid dienone is 5. The molecule has 5 aromatic rings. The minimum Gasteiger partial charge on any atom is -0.871 e. The Kier molecular flexibility index (Phi) is 16.9. The predicted octanol–water partition coefficient (Wildman–Crippen LogP) is 14.5. The van der Waals surface area contributed by atoms with E-state index in [0.717, 1.165) is 117 Å². The Hall–Kier alpha value is -7.06. The summed E-state index contributed by atoms with van der Waals surface area (Å²) in [6, 6.07) is 31.1. The third-order valence-corrected chi connectivity index (χ3v) is 14.4. The second-order valence-electron chi connectivity index (χ2n) is 20.2. The number of rotatable bonds is 18. The van der Waals surface area contributed by atoms with Crippen molar-refractivity contribution in [3.63, 3.8) is 0 Å². The molecule has 2 amide bonds. The Morgan fingerprint density at radius 1 is 0.583 bits per heavy atom.